The number of hydrogen-bond donors (Lipinski definition) is 1. The number of anilines is 1. The fourth-order valence-electron chi connectivity index (χ4n) is 1.48. The summed E-state index contributed by atoms with van der Waals surface area (Å²) in [6.07, 6.45) is 4.67. The minimum atomic E-state index is -0.361. The van der Waals surface area contributed by atoms with Gasteiger partial charge in [0.15, 0.2) is 5.82 Å². The second-order valence-electron chi connectivity index (χ2n) is 3.84. The van der Waals surface area contributed by atoms with Gasteiger partial charge in [0, 0.05) is 7.05 Å². The van der Waals surface area contributed by atoms with Crippen LogP contribution in [0.15, 0.2) is 30.0 Å². The number of aromatic nitrogens is 5. The van der Waals surface area contributed by atoms with Crippen molar-refractivity contribution in [3.8, 4) is 0 Å². The van der Waals surface area contributed by atoms with E-state index < -0.39 is 0 Å². The molecule has 1 N–H and O–H groups in total. The Hall–Kier alpha value is -2.15. The van der Waals surface area contributed by atoms with E-state index in [-0.39, 0.29) is 10.6 Å². The molecule has 8 heteroatoms. The van der Waals surface area contributed by atoms with E-state index in [1.54, 1.807) is 24.1 Å². The lowest BCUT2D eigenvalue weighted by Crippen LogP contribution is -2.23. The third-order valence-electron chi connectivity index (χ3n) is 2.37. The number of aryl methyl sites for hydroxylation is 1. The van der Waals surface area contributed by atoms with Gasteiger partial charge in [-0.3, -0.25) is 9.48 Å². The van der Waals surface area contributed by atoms with Crippen molar-refractivity contribution in [2.45, 2.75) is 13.1 Å². The predicted molar refractivity (Wildman–Crippen MR) is 72.0 cm³/mol. The largest absolute Gasteiger partial charge is 0.375 e. The van der Waals surface area contributed by atoms with Gasteiger partial charge < -0.3 is 5.32 Å². The summed E-state index contributed by atoms with van der Waals surface area (Å²) >= 11 is 5.99. The Morgan fingerprint density at radius 2 is 2.37 bits per heavy atom. The van der Waals surface area contributed by atoms with Gasteiger partial charge in [0.2, 0.25) is 0 Å². The van der Waals surface area contributed by atoms with Crippen LogP contribution >= 0.6 is 11.6 Å². The van der Waals surface area contributed by atoms with Crippen LogP contribution in [0.25, 0.3) is 0 Å². The highest BCUT2D eigenvalue weighted by Gasteiger charge is 2.09. The molecule has 0 radical (unpaired) electrons. The van der Waals surface area contributed by atoms with Gasteiger partial charge in [0.05, 0.1) is 25.0 Å². The molecule has 7 nitrogen and oxygen atoms in total. The molecule has 0 bridgehead atoms. The third kappa shape index (κ3) is 3.00. The Morgan fingerprint density at radius 3 is 3.00 bits per heavy atom. The van der Waals surface area contributed by atoms with Crippen LogP contribution in [0.4, 0.5) is 5.69 Å². The zero-order valence-corrected chi connectivity index (χ0v) is 11.1. The van der Waals surface area contributed by atoms with Crippen molar-refractivity contribution < 1.29 is 0 Å². The zero-order chi connectivity index (χ0) is 13.8. The number of nitrogens with one attached hydrogen (secondary N) is 1. The van der Waals surface area contributed by atoms with Gasteiger partial charge in [-0.05, 0) is 0 Å². The minimum absolute atomic E-state index is 0.0905. The van der Waals surface area contributed by atoms with E-state index in [9.17, 15) is 4.79 Å². The van der Waals surface area contributed by atoms with Crippen molar-refractivity contribution in [3.05, 3.63) is 46.4 Å². The van der Waals surface area contributed by atoms with Crippen LogP contribution < -0.4 is 10.9 Å². The van der Waals surface area contributed by atoms with E-state index in [0.717, 1.165) is 0 Å². The van der Waals surface area contributed by atoms with Gasteiger partial charge in [-0.15, -0.1) is 6.58 Å². The fourth-order valence-corrected chi connectivity index (χ4v) is 1.69. The smallest absolute Gasteiger partial charge is 0.287 e. The topological polar surface area (TPSA) is 77.6 Å². The maximum absolute atomic E-state index is 11.8. The zero-order valence-electron chi connectivity index (χ0n) is 10.4. The molecular formula is C11H13ClN6O. The molecule has 0 aromatic carbocycles. The number of rotatable bonds is 5. The van der Waals surface area contributed by atoms with Crippen LogP contribution in [0, 0.1) is 0 Å². The van der Waals surface area contributed by atoms with Gasteiger partial charge in [-0.25, -0.2) is 9.67 Å². The maximum Gasteiger partial charge on any atom is 0.287 e. The number of halogens is 1. The molecule has 0 unspecified atom stereocenters. The normalized spacial score (nSPS) is 10.4. The van der Waals surface area contributed by atoms with Crippen molar-refractivity contribution in [1.29, 1.82) is 0 Å². The molecule has 0 aliphatic carbocycles. The molecule has 0 spiro atoms. The summed E-state index contributed by atoms with van der Waals surface area (Å²) in [7, 11) is 1.78. The average molecular weight is 281 g/mol. The van der Waals surface area contributed by atoms with E-state index in [4.69, 9.17) is 11.6 Å². The molecule has 2 heterocycles. The molecule has 0 saturated carbocycles. The standard InChI is InChI=1S/C11H13ClN6O/c1-3-4-18-11(19)10(12)8(5-15-18)13-6-9-14-7-17(2)16-9/h3,5,7,13H,1,4,6H2,2H3. The SMILES string of the molecule is C=CCn1ncc(NCc2ncn(C)n2)c(Cl)c1=O. The quantitative estimate of drug-likeness (QED) is 0.821. The maximum atomic E-state index is 11.8. The van der Waals surface area contributed by atoms with E-state index in [1.807, 2.05) is 0 Å². The van der Waals surface area contributed by atoms with Crippen molar-refractivity contribution in [3.63, 3.8) is 0 Å². The van der Waals surface area contributed by atoms with Crippen molar-refractivity contribution >= 4 is 17.3 Å². The van der Waals surface area contributed by atoms with Gasteiger partial charge in [-0.2, -0.15) is 10.2 Å². The van der Waals surface area contributed by atoms with Crippen molar-refractivity contribution in [2.75, 3.05) is 5.32 Å². The lowest BCUT2D eigenvalue weighted by Gasteiger charge is -2.07. The second kappa shape index (κ2) is 5.66. The summed E-state index contributed by atoms with van der Waals surface area (Å²) in [5.41, 5.74) is 0.0972. The van der Waals surface area contributed by atoms with E-state index in [2.05, 4.69) is 27.1 Å². The molecule has 19 heavy (non-hydrogen) atoms. The molecule has 0 aliphatic heterocycles. The minimum Gasteiger partial charge on any atom is -0.375 e. The van der Waals surface area contributed by atoms with Crippen LogP contribution in [-0.4, -0.2) is 24.5 Å². The molecule has 0 aliphatic rings. The summed E-state index contributed by atoms with van der Waals surface area (Å²) in [4.78, 5) is 15.9. The molecule has 0 amide bonds. The van der Waals surface area contributed by atoms with Gasteiger partial charge in [0.25, 0.3) is 5.56 Å². The highest BCUT2D eigenvalue weighted by atomic mass is 35.5. The first-order valence-corrected chi connectivity index (χ1v) is 5.94. The molecule has 0 fully saturated rings. The molecule has 100 valence electrons. The predicted octanol–water partition coefficient (Wildman–Crippen LogP) is 0.823. The first-order chi connectivity index (χ1) is 9.11. The summed E-state index contributed by atoms with van der Waals surface area (Å²) < 4.78 is 2.83. The van der Waals surface area contributed by atoms with Crippen LogP contribution in [0.1, 0.15) is 5.82 Å². The molecular weight excluding hydrogens is 268 g/mol. The Balaban J connectivity index is 2.15. The number of nitrogens with zero attached hydrogens (tertiary/aromatic N) is 5. The highest BCUT2D eigenvalue weighted by Crippen LogP contribution is 2.15. The first kappa shape index (κ1) is 13.3. The molecule has 2 rings (SSSR count). The monoisotopic (exact) mass is 280 g/mol. The van der Waals surface area contributed by atoms with Crippen molar-refractivity contribution in [2.24, 2.45) is 7.05 Å². The van der Waals surface area contributed by atoms with Crippen LogP contribution in [0.2, 0.25) is 5.02 Å². The number of allylic oxidation sites excluding steroid dienone is 1. The first-order valence-electron chi connectivity index (χ1n) is 5.56. The second-order valence-corrected chi connectivity index (χ2v) is 4.21. The van der Waals surface area contributed by atoms with E-state index in [0.29, 0.717) is 24.6 Å². The molecule has 2 aromatic rings. The Labute approximate surface area is 114 Å². The summed E-state index contributed by atoms with van der Waals surface area (Å²) in [5.74, 6) is 0.605. The highest BCUT2D eigenvalue weighted by molar-refractivity contribution is 6.32. The van der Waals surface area contributed by atoms with E-state index in [1.165, 1.54) is 10.9 Å². The Bertz CT molecular complexity index is 647. The summed E-state index contributed by atoms with van der Waals surface area (Å²) in [6.45, 7) is 4.24. The lowest BCUT2D eigenvalue weighted by atomic mass is 10.4. The summed E-state index contributed by atoms with van der Waals surface area (Å²) in [6, 6.07) is 0. The van der Waals surface area contributed by atoms with Gasteiger partial charge in [0.1, 0.15) is 11.3 Å². The fraction of sp³-hybridized carbons (Fsp3) is 0.273. The molecule has 0 atom stereocenters. The van der Waals surface area contributed by atoms with E-state index >= 15 is 0 Å². The Kier molecular flexibility index (Phi) is 3.96. The van der Waals surface area contributed by atoms with Crippen molar-refractivity contribution in [1.82, 2.24) is 24.5 Å². The average Bonchev–Trinajstić information content (AvgIpc) is 2.80. The third-order valence-corrected chi connectivity index (χ3v) is 2.74. The Morgan fingerprint density at radius 1 is 1.58 bits per heavy atom. The van der Waals surface area contributed by atoms with Gasteiger partial charge >= 0.3 is 0 Å². The lowest BCUT2D eigenvalue weighted by molar-refractivity contribution is 0.652. The van der Waals surface area contributed by atoms with Gasteiger partial charge in [-0.1, -0.05) is 17.7 Å². The van der Waals surface area contributed by atoms with Crippen LogP contribution in [0.5, 0.6) is 0 Å². The number of hydrogen-bond acceptors (Lipinski definition) is 5. The molecule has 0 saturated heterocycles. The summed E-state index contributed by atoms with van der Waals surface area (Å²) in [5, 5.41) is 11.2. The van der Waals surface area contributed by atoms with Crippen LogP contribution in [0.3, 0.4) is 0 Å². The van der Waals surface area contributed by atoms with Crippen LogP contribution in [-0.2, 0) is 20.1 Å². The molecule has 2 aromatic heterocycles.